The van der Waals surface area contributed by atoms with Gasteiger partial charge < -0.3 is 14.4 Å². The molecule has 7 nitrogen and oxygen atoms in total. The molecule has 2 atom stereocenters. The predicted molar refractivity (Wildman–Crippen MR) is 122 cm³/mol. The van der Waals surface area contributed by atoms with E-state index in [1.807, 2.05) is 25.2 Å². The Bertz CT molecular complexity index is 980. The first-order valence-corrected chi connectivity index (χ1v) is 11.2. The number of fused-ring (bicyclic) bond motifs is 2. The molecule has 0 spiro atoms. The zero-order chi connectivity index (χ0) is 23.2. The minimum Gasteiger partial charge on any atom is -0.463 e. The Morgan fingerprint density at radius 1 is 1.15 bits per heavy atom. The number of rotatable bonds is 8. The van der Waals surface area contributed by atoms with E-state index in [2.05, 4.69) is 15.9 Å². The molecule has 8 heteroatoms. The second-order valence-corrected chi connectivity index (χ2v) is 8.65. The Morgan fingerprint density at radius 2 is 1.85 bits per heavy atom. The average Bonchev–Trinajstić information content (AvgIpc) is 2.82. The summed E-state index contributed by atoms with van der Waals surface area (Å²) in [5.74, 6) is 0.507. The van der Waals surface area contributed by atoms with Gasteiger partial charge in [-0.05, 0) is 42.0 Å². The zero-order valence-electron chi connectivity index (χ0n) is 18.8. The van der Waals surface area contributed by atoms with E-state index in [-0.39, 0.29) is 18.1 Å². The van der Waals surface area contributed by atoms with Crippen LogP contribution in [0, 0.1) is 11.3 Å². The molecule has 33 heavy (non-hydrogen) atoms. The topological polar surface area (TPSA) is 69.0 Å². The lowest BCUT2D eigenvalue weighted by Crippen LogP contribution is -2.59. The monoisotopic (exact) mass is 452 g/mol. The molecule has 2 unspecified atom stereocenters. The number of ether oxygens (including phenoxy) is 2. The summed E-state index contributed by atoms with van der Waals surface area (Å²) < 4.78 is 23.6. The highest BCUT2D eigenvalue weighted by Crippen LogP contribution is 2.22. The van der Waals surface area contributed by atoms with Gasteiger partial charge in [0.1, 0.15) is 5.75 Å². The van der Waals surface area contributed by atoms with Crippen LogP contribution in [0.5, 0.6) is 5.75 Å². The van der Waals surface area contributed by atoms with Gasteiger partial charge in [0.15, 0.2) is 0 Å². The van der Waals surface area contributed by atoms with Crippen molar-refractivity contribution in [3.05, 3.63) is 65.2 Å². The predicted octanol–water partition coefficient (Wildman–Crippen LogP) is 2.52. The summed E-state index contributed by atoms with van der Waals surface area (Å²) in [7, 11) is 1.81. The molecule has 2 bridgehead atoms. The van der Waals surface area contributed by atoms with E-state index in [0.717, 1.165) is 44.8 Å². The zero-order valence-corrected chi connectivity index (χ0v) is 18.8. The summed E-state index contributed by atoms with van der Waals surface area (Å²) in [5, 5.41) is 8.91. The number of nitrogens with zero attached hydrogens (tertiary/aromatic N) is 4. The number of alkyl halides is 1. The van der Waals surface area contributed by atoms with Gasteiger partial charge in [0.05, 0.1) is 23.8 Å². The SMILES string of the molecule is CN(CCN1CC2CN(Cc3cccc(OCF)c3)CC(C1)O2)C(=O)c1ccc(C#N)cc1. The highest BCUT2D eigenvalue weighted by atomic mass is 19.1. The quantitative estimate of drug-likeness (QED) is 0.613. The number of amides is 1. The minimum absolute atomic E-state index is 0.0434. The molecule has 0 saturated carbocycles. The number of benzene rings is 2. The maximum Gasteiger partial charge on any atom is 0.253 e. The first kappa shape index (κ1) is 23.2. The fraction of sp³-hybridized carbons (Fsp3) is 0.440. The smallest absolute Gasteiger partial charge is 0.253 e. The van der Waals surface area contributed by atoms with Gasteiger partial charge in [0, 0.05) is 58.4 Å². The third-order valence-electron chi connectivity index (χ3n) is 6.12. The summed E-state index contributed by atoms with van der Waals surface area (Å²) in [5.41, 5.74) is 2.23. The summed E-state index contributed by atoms with van der Waals surface area (Å²) in [6.07, 6.45) is 0.254. The van der Waals surface area contributed by atoms with Gasteiger partial charge in [-0.1, -0.05) is 12.1 Å². The van der Waals surface area contributed by atoms with E-state index in [4.69, 9.17) is 14.7 Å². The highest BCUT2D eigenvalue weighted by molar-refractivity contribution is 5.94. The number of likely N-dealkylation sites (N-methyl/N-ethyl adjacent to an activating group) is 1. The number of hydrogen-bond donors (Lipinski definition) is 0. The number of halogens is 1. The van der Waals surface area contributed by atoms with Crippen LogP contribution in [0.1, 0.15) is 21.5 Å². The molecule has 1 amide bonds. The molecule has 2 aliphatic rings. The molecule has 0 aromatic heterocycles. The van der Waals surface area contributed by atoms with Gasteiger partial charge in [-0.15, -0.1) is 0 Å². The molecule has 2 heterocycles. The van der Waals surface area contributed by atoms with E-state index < -0.39 is 6.86 Å². The van der Waals surface area contributed by atoms with Crippen molar-refractivity contribution in [1.82, 2.24) is 14.7 Å². The number of carbonyl (C=O) groups is 1. The van der Waals surface area contributed by atoms with Crippen LogP contribution in [0.4, 0.5) is 4.39 Å². The van der Waals surface area contributed by atoms with Gasteiger partial charge in [0.2, 0.25) is 6.86 Å². The van der Waals surface area contributed by atoms with Crippen LogP contribution in [0.3, 0.4) is 0 Å². The maximum atomic E-state index is 12.7. The van der Waals surface area contributed by atoms with Crippen molar-refractivity contribution in [2.75, 3.05) is 53.2 Å². The number of hydrogen-bond acceptors (Lipinski definition) is 6. The Hall–Kier alpha value is -2.99. The van der Waals surface area contributed by atoms with E-state index >= 15 is 0 Å². The summed E-state index contributed by atoms with van der Waals surface area (Å²) in [4.78, 5) is 19.1. The molecule has 2 saturated heterocycles. The van der Waals surface area contributed by atoms with Crippen LogP contribution in [0.2, 0.25) is 0 Å². The summed E-state index contributed by atoms with van der Waals surface area (Å²) in [6, 6.07) is 16.4. The molecule has 2 aliphatic heterocycles. The van der Waals surface area contributed by atoms with Crippen molar-refractivity contribution in [2.24, 2.45) is 0 Å². The van der Waals surface area contributed by atoms with Gasteiger partial charge in [-0.25, -0.2) is 4.39 Å². The van der Waals surface area contributed by atoms with Gasteiger partial charge in [-0.3, -0.25) is 14.6 Å². The molecule has 2 aromatic rings. The van der Waals surface area contributed by atoms with E-state index in [9.17, 15) is 9.18 Å². The molecular weight excluding hydrogens is 423 g/mol. The molecule has 174 valence electrons. The average molecular weight is 453 g/mol. The first-order chi connectivity index (χ1) is 16.0. The van der Waals surface area contributed by atoms with E-state index in [1.54, 1.807) is 35.2 Å². The lowest BCUT2D eigenvalue weighted by Gasteiger charge is -2.46. The van der Waals surface area contributed by atoms with E-state index in [0.29, 0.717) is 23.4 Å². The molecule has 0 aliphatic carbocycles. The van der Waals surface area contributed by atoms with Gasteiger partial charge in [-0.2, -0.15) is 5.26 Å². The molecule has 0 N–H and O–H groups in total. The molecule has 2 aromatic carbocycles. The number of nitriles is 1. The van der Waals surface area contributed by atoms with Crippen molar-refractivity contribution in [1.29, 1.82) is 5.26 Å². The van der Waals surface area contributed by atoms with Crippen LogP contribution in [-0.2, 0) is 11.3 Å². The minimum atomic E-state index is -0.824. The summed E-state index contributed by atoms with van der Waals surface area (Å²) >= 11 is 0. The third-order valence-corrected chi connectivity index (χ3v) is 6.12. The molecule has 2 fully saturated rings. The Morgan fingerprint density at radius 3 is 2.52 bits per heavy atom. The lowest BCUT2D eigenvalue weighted by atomic mass is 10.1. The number of morpholine rings is 2. The lowest BCUT2D eigenvalue weighted by molar-refractivity contribution is -0.140. The second-order valence-electron chi connectivity index (χ2n) is 8.65. The van der Waals surface area contributed by atoms with Crippen molar-refractivity contribution in [3.63, 3.8) is 0 Å². The standard InChI is InChI=1S/C25H29FN4O3/c1-28(25(31)21-7-5-19(12-27)6-8-21)9-10-29-14-23-16-30(17-24(15-29)33-23)13-20-3-2-4-22(11-20)32-18-26/h2-8,11,23-24H,9-10,13-18H2,1H3. The Labute approximate surface area is 193 Å². The summed E-state index contributed by atoms with van der Waals surface area (Å²) in [6.45, 7) is 4.70. The normalized spacial score (nSPS) is 20.8. The largest absolute Gasteiger partial charge is 0.463 e. The van der Waals surface area contributed by atoms with E-state index in [1.165, 1.54) is 0 Å². The molecular formula is C25H29FN4O3. The highest BCUT2D eigenvalue weighted by Gasteiger charge is 2.34. The van der Waals surface area contributed by atoms with Gasteiger partial charge >= 0.3 is 0 Å². The Balaban J connectivity index is 1.25. The second kappa shape index (κ2) is 10.8. The van der Waals surface area contributed by atoms with Crippen LogP contribution in [-0.4, -0.2) is 86.0 Å². The number of carbonyl (C=O) groups excluding carboxylic acids is 1. The van der Waals surface area contributed by atoms with Crippen LogP contribution in [0.15, 0.2) is 48.5 Å². The maximum absolute atomic E-state index is 12.7. The van der Waals surface area contributed by atoms with Crippen molar-refractivity contribution in [2.45, 2.75) is 18.8 Å². The fourth-order valence-corrected chi connectivity index (χ4v) is 4.53. The van der Waals surface area contributed by atoms with Crippen molar-refractivity contribution >= 4 is 5.91 Å². The van der Waals surface area contributed by atoms with Crippen molar-refractivity contribution in [3.8, 4) is 11.8 Å². The molecule has 0 radical (unpaired) electrons. The first-order valence-electron chi connectivity index (χ1n) is 11.2. The van der Waals surface area contributed by atoms with Crippen LogP contribution in [0.25, 0.3) is 0 Å². The van der Waals surface area contributed by atoms with Crippen molar-refractivity contribution < 1.29 is 18.7 Å². The Kier molecular flexibility index (Phi) is 7.55. The van der Waals surface area contributed by atoms with Crippen LogP contribution < -0.4 is 4.74 Å². The molecule has 4 rings (SSSR count). The van der Waals surface area contributed by atoms with Gasteiger partial charge in [0.25, 0.3) is 5.91 Å². The fourth-order valence-electron chi connectivity index (χ4n) is 4.53. The van der Waals surface area contributed by atoms with Crippen LogP contribution >= 0.6 is 0 Å². The third kappa shape index (κ3) is 6.08.